The number of piperidine rings is 1. The second-order valence-corrected chi connectivity index (χ2v) is 11.9. The summed E-state index contributed by atoms with van der Waals surface area (Å²) in [5.74, 6) is 0.440. The lowest BCUT2D eigenvalue weighted by atomic mass is 9.48. The van der Waals surface area contributed by atoms with E-state index in [9.17, 15) is 14.7 Å². The summed E-state index contributed by atoms with van der Waals surface area (Å²) in [6.45, 7) is 1.87. The quantitative estimate of drug-likeness (QED) is 0.519. The first kappa shape index (κ1) is 24.1. The van der Waals surface area contributed by atoms with Crippen molar-refractivity contribution in [2.45, 2.75) is 73.8 Å². The van der Waals surface area contributed by atoms with Crippen molar-refractivity contribution in [3.05, 3.63) is 64.7 Å². The van der Waals surface area contributed by atoms with Gasteiger partial charge in [0, 0.05) is 25.3 Å². The molecule has 1 saturated heterocycles. The Labute approximate surface area is 222 Å². The predicted molar refractivity (Wildman–Crippen MR) is 140 cm³/mol. The van der Waals surface area contributed by atoms with Crippen LogP contribution in [0.4, 0.5) is 0 Å². The largest absolute Gasteiger partial charge is 0.486 e. The molecule has 0 unspecified atom stereocenters. The fourth-order valence-corrected chi connectivity index (χ4v) is 8.12. The average Bonchev–Trinajstić information content (AvgIpc) is 3.65. The highest BCUT2D eigenvalue weighted by Crippen LogP contribution is 2.64. The van der Waals surface area contributed by atoms with Crippen LogP contribution in [0.15, 0.2) is 42.5 Å². The third kappa shape index (κ3) is 3.26. The van der Waals surface area contributed by atoms with Crippen molar-refractivity contribution < 1.29 is 24.2 Å². The first-order chi connectivity index (χ1) is 18.4. The molecule has 2 aromatic carbocycles. The van der Waals surface area contributed by atoms with E-state index in [2.05, 4.69) is 10.2 Å². The Morgan fingerprint density at radius 1 is 1.18 bits per heavy atom. The van der Waals surface area contributed by atoms with Crippen molar-refractivity contribution in [3.63, 3.8) is 0 Å². The van der Waals surface area contributed by atoms with Crippen molar-refractivity contribution in [1.82, 2.24) is 10.2 Å². The Morgan fingerprint density at radius 3 is 2.68 bits per heavy atom. The van der Waals surface area contributed by atoms with E-state index in [0.717, 1.165) is 42.1 Å². The fraction of sp³-hybridized carbons (Fsp3) is 0.533. The lowest BCUT2D eigenvalue weighted by Crippen LogP contribution is -2.78. The molecule has 4 N–H and O–H groups in total. The number of methoxy groups -OCH3 is 1. The molecule has 2 aromatic rings. The third-order valence-electron chi connectivity index (χ3n) is 9.95. The molecule has 3 aliphatic carbocycles. The highest BCUT2D eigenvalue weighted by Gasteiger charge is 2.73. The number of aliphatic hydroxyl groups is 1. The van der Waals surface area contributed by atoms with E-state index < -0.39 is 29.1 Å². The molecule has 0 radical (unpaired) electrons. The van der Waals surface area contributed by atoms with Gasteiger partial charge in [0.1, 0.15) is 11.9 Å². The van der Waals surface area contributed by atoms with Crippen molar-refractivity contribution in [2.24, 2.45) is 11.7 Å². The second-order valence-electron chi connectivity index (χ2n) is 11.9. The topological polar surface area (TPSA) is 114 Å². The van der Waals surface area contributed by atoms with Crippen LogP contribution in [0.2, 0.25) is 0 Å². The van der Waals surface area contributed by atoms with Gasteiger partial charge in [0.25, 0.3) is 11.8 Å². The first-order valence-electron chi connectivity index (χ1n) is 13.8. The van der Waals surface area contributed by atoms with E-state index in [1.54, 1.807) is 6.07 Å². The molecule has 0 aromatic heterocycles. The van der Waals surface area contributed by atoms with E-state index in [1.165, 1.54) is 20.0 Å². The predicted octanol–water partition coefficient (Wildman–Crippen LogP) is 2.22. The number of hydrogen-bond donors (Lipinski definition) is 3. The Hall–Kier alpha value is -2.94. The molecule has 2 bridgehead atoms. The number of primary amides is 1. The number of likely N-dealkylation sites (tertiary alicyclic amines) is 1. The average molecular weight is 518 g/mol. The zero-order valence-electron chi connectivity index (χ0n) is 21.7. The number of amides is 2. The first-order valence-corrected chi connectivity index (χ1v) is 13.8. The van der Waals surface area contributed by atoms with E-state index >= 15 is 0 Å². The van der Waals surface area contributed by atoms with Gasteiger partial charge in [0.05, 0.1) is 22.6 Å². The van der Waals surface area contributed by atoms with Gasteiger partial charge >= 0.3 is 0 Å². The molecule has 7 rings (SSSR count). The maximum Gasteiger partial charge on any atom is 0.254 e. The minimum Gasteiger partial charge on any atom is -0.486 e. The number of hydrogen-bond acceptors (Lipinski definition) is 6. The van der Waals surface area contributed by atoms with Crippen LogP contribution in [0.5, 0.6) is 5.75 Å². The molecule has 1 spiro atoms. The number of nitrogens with zero attached hydrogens (tertiary/aromatic N) is 1. The van der Waals surface area contributed by atoms with E-state index in [0.29, 0.717) is 30.6 Å². The van der Waals surface area contributed by atoms with Crippen molar-refractivity contribution >= 4 is 11.8 Å². The molecular formula is C30H35N3O5. The minimum atomic E-state index is -1.01. The maximum atomic E-state index is 13.5. The van der Waals surface area contributed by atoms with Gasteiger partial charge in [-0.3, -0.25) is 14.5 Å². The maximum absolute atomic E-state index is 13.5. The molecule has 8 heteroatoms. The number of ether oxygens (including phenoxy) is 2. The highest BCUT2D eigenvalue weighted by atomic mass is 16.5. The summed E-state index contributed by atoms with van der Waals surface area (Å²) in [6, 6.07) is 12.8. The number of nitrogens with one attached hydrogen (secondary N) is 1. The third-order valence-corrected chi connectivity index (χ3v) is 9.95. The van der Waals surface area contributed by atoms with Crippen molar-refractivity contribution in [2.75, 3.05) is 20.2 Å². The van der Waals surface area contributed by atoms with Crippen molar-refractivity contribution in [1.29, 1.82) is 0 Å². The zero-order valence-corrected chi connectivity index (χ0v) is 21.7. The molecule has 2 heterocycles. The normalized spacial score (nSPS) is 33.7. The molecule has 3 fully saturated rings. The summed E-state index contributed by atoms with van der Waals surface area (Å²) in [6.07, 6.45) is 3.81. The van der Waals surface area contributed by atoms with Crippen LogP contribution in [-0.2, 0) is 21.4 Å². The molecule has 2 saturated carbocycles. The minimum absolute atomic E-state index is 0.0199. The standard InChI is InChI=1S/C30H35N3O5/c1-37-24(18-5-3-2-4-6-18)28(35)32-21-11-12-30(36)22-15-19-9-10-20(27(31)34)25-23(19)29(30,26(21)38-25)13-14-33(22)16-17-7-8-17/h2-6,9-10,17,21-22,24,26,36H,7-8,11-16H2,1H3,(H2,31,34)(H,32,35)/t21-,22-,24-,26+,29+,30-/m1/s1. The zero-order chi connectivity index (χ0) is 26.2. The number of carbonyl (C=O) groups excluding carboxylic acids is 2. The Balaban J connectivity index is 1.29. The van der Waals surface area contributed by atoms with Crippen LogP contribution in [-0.4, -0.2) is 65.8 Å². The number of nitrogens with two attached hydrogens (primary N) is 1. The van der Waals surface area contributed by atoms with Gasteiger partial charge in [0.2, 0.25) is 0 Å². The van der Waals surface area contributed by atoms with Gasteiger partial charge in [-0.1, -0.05) is 36.4 Å². The molecule has 5 aliphatic rings. The summed E-state index contributed by atoms with van der Waals surface area (Å²) in [5, 5.41) is 15.9. The summed E-state index contributed by atoms with van der Waals surface area (Å²) in [5.41, 5.74) is 7.24. The fourth-order valence-electron chi connectivity index (χ4n) is 8.12. The Kier molecular flexibility index (Phi) is 5.42. The molecular weight excluding hydrogens is 482 g/mol. The summed E-state index contributed by atoms with van der Waals surface area (Å²) in [4.78, 5) is 28.5. The van der Waals surface area contributed by atoms with Gasteiger partial charge in [-0.15, -0.1) is 0 Å². The van der Waals surface area contributed by atoms with Crippen LogP contribution >= 0.6 is 0 Å². The molecule has 8 nitrogen and oxygen atoms in total. The lowest BCUT2D eigenvalue weighted by Gasteiger charge is -2.64. The number of rotatable bonds is 7. The SMILES string of the molecule is CO[C@@H](C(=O)N[C@@H]1CC[C@@]2(O)[C@H]3Cc4ccc(C(N)=O)c5c4[C@@]2(CCN3CC2CC2)[C@H]1O5)c1ccccc1. The van der Waals surface area contributed by atoms with Crippen LogP contribution < -0.4 is 15.8 Å². The molecule has 200 valence electrons. The van der Waals surface area contributed by atoms with Gasteiger partial charge in [-0.25, -0.2) is 0 Å². The van der Waals surface area contributed by atoms with Crippen LogP contribution in [0.25, 0.3) is 0 Å². The summed E-state index contributed by atoms with van der Waals surface area (Å²) >= 11 is 0. The number of benzene rings is 2. The van der Waals surface area contributed by atoms with Crippen LogP contribution in [0.3, 0.4) is 0 Å². The molecule has 2 aliphatic heterocycles. The molecule has 6 atom stereocenters. The van der Waals surface area contributed by atoms with Crippen LogP contribution in [0.1, 0.15) is 65.3 Å². The molecule has 2 amide bonds. The highest BCUT2D eigenvalue weighted by molar-refractivity contribution is 5.97. The van der Waals surface area contributed by atoms with Gasteiger partial charge < -0.3 is 25.6 Å². The van der Waals surface area contributed by atoms with Crippen molar-refractivity contribution in [3.8, 4) is 5.75 Å². The summed E-state index contributed by atoms with van der Waals surface area (Å²) in [7, 11) is 1.53. The smallest absolute Gasteiger partial charge is 0.254 e. The molecule has 38 heavy (non-hydrogen) atoms. The Bertz CT molecular complexity index is 1300. The lowest BCUT2D eigenvalue weighted by molar-refractivity contribution is -0.192. The Morgan fingerprint density at radius 2 is 1.97 bits per heavy atom. The second kappa shape index (κ2) is 8.53. The number of carbonyl (C=O) groups is 2. The van der Waals surface area contributed by atoms with Gasteiger partial charge in [0.15, 0.2) is 6.10 Å². The van der Waals surface area contributed by atoms with Gasteiger partial charge in [-0.05, 0) is 68.2 Å². The summed E-state index contributed by atoms with van der Waals surface area (Å²) < 4.78 is 12.3. The monoisotopic (exact) mass is 517 g/mol. The van der Waals surface area contributed by atoms with E-state index in [1.807, 2.05) is 36.4 Å². The van der Waals surface area contributed by atoms with E-state index in [-0.39, 0.29) is 18.0 Å². The van der Waals surface area contributed by atoms with Crippen LogP contribution in [0, 0.1) is 5.92 Å². The van der Waals surface area contributed by atoms with E-state index in [4.69, 9.17) is 15.2 Å². The van der Waals surface area contributed by atoms with Gasteiger partial charge in [-0.2, -0.15) is 0 Å².